The number of nitrogens with zero attached hydrogens (tertiary/aromatic N) is 1. The quantitative estimate of drug-likeness (QED) is 0.857. The van der Waals surface area contributed by atoms with Crippen LogP contribution in [-0.2, 0) is 11.3 Å². The van der Waals surface area contributed by atoms with Gasteiger partial charge in [0, 0.05) is 19.6 Å². The number of ether oxygens (including phenoxy) is 1. The first kappa shape index (κ1) is 16.4. The third-order valence-corrected chi connectivity index (χ3v) is 4.12. The molecule has 1 N–H and O–H groups in total. The molecule has 0 bridgehead atoms. The highest BCUT2D eigenvalue weighted by molar-refractivity contribution is 5.88. The van der Waals surface area contributed by atoms with Gasteiger partial charge in [0.25, 0.3) is 0 Å². The van der Waals surface area contributed by atoms with Crippen LogP contribution in [0.25, 0.3) is 12.2 Å². The molecule has 0 aliphatic carbocycles. The lowest BCUT2D eigenvalue weighted by Crippen LogP contribution is -2.35. The van der Waals surface area contributed by atoms with Crippen molar-refractivity contribution in [1.82, 2.24) is 4.90 Å². The Morgan fingerprint density at radius 1 is 0.958 bits per heavy atom. The van der Waals surface area contributed by atoms with Crippen molar-refractivity contribution in [3.63, 3.8) is 0 Å². The number of carboxylic acid groups (broad SMARTS) is 1. The van der Waals surface area contributed by atoms with Crippen LogP contribution in [-0.4, -0.2) is 42.3 Å². The molecule has 0 spiro atoms. The molecule has 0 saturated carbocycles. The van der Waals surface area contributed by atoms with E-state index in [0.29, 0.717) is 5.56 Å². The molecule has 0 unspecified atom stereocenters. The fourth-order valence-electron chi connectivity index (χ4n) is 2.68. The van der Waals surface area contributed by atoms with Gasteiger partial charge < -0.3 is 9.84 Å². The summed E-state index contributed by atoms with van der Waals surface area (Å²) in [6.07, 6.45) is 4.02. The third-order valence-electron chi connectivity index (χ3n) is 4.12. The maximum Gasteiger partial charge on any atom is 0.335 e. The first-order valence-corrected chi connectivity index (χ1v) is 8.11. The third kappa shape index (κ3) is 4.54. The summed E-state index contributed by atoms with van der Waals surface area (Å²) in [5.41, 5.74) is 3.72. The summed E-state index contributed by atoms with van der Waals surface area (Å²) in [4.78, 5) is 13.2. The first-order valence-electron chi connectivity index (χ1n) is 8.11. The predicted octanol–water partition coefficient (Wildman–Crippen LogP) is 3.39. The van der Waals surface area contributed by atoms with Gasteiger partial charge in [0.2, 0.25) is 0 Å². The number of carboxylic acids is 1. The molecule has 24 heavy (non-hydrogen) atoms. The van der Waals surface area contributed by atoms with Crippen LogP contribution in [0.4, 0.5) is 0 Å². The van der Waals surface area contributed by atoms with E-state index in [0.717, 1.165) is 44.0 Å². The van der Waals surface area contributed by atoms with Crippen molar-refractivity contribution >= 4 is 18.1 Å². The minimum Gasteiger partial charge on any atom is -0.478 e. The van der Waals surface area contributed by atoms with Crippen LogP contribution in [0.3, 0.4) is 0 Å². The molecule has 3 rings (SSSR count). The Hall–Kier alpha value is -2.43. The number of morpholine rings is 1. The van der Waals surface area contributed by atoms with Crippen LogP contribution in [0, 0.1) is 0 Å². The van der Waals surface area contributed by atoms with Gasteiger partial charge in [0.1, 0.15) is 0 Å². The fourth-order valence-corrected chi connectivity index (χ4v) is 2.68. The van der Waals surface area contributed by atoms with Gasteiger partial charge in [0.05, 0.1) is 18.8 Å². The molecule has 2 aromatic carbocycles. The zero-order valence-electron chi connectivity index (χ0n) is 13.5. The minimum atomic E-state index is -0.901. The van der Waals surface area contributed by atoms with Crippen molar-refractivity contribution in [2.45, 2.75) is 6.54 Å². The summed E-state index contributed by atoms with van der Waals surface area (Å²) in [5, 5.41) is 8.90. The van der Waals surface area contributed by atoms with Gasteiger partial charge >= 0.3 is 5.97 Å². The van der Waals surface area contributed by atoms with Gasteiger partial charge in [-0.15, -0.1) is 0 Å². The van der Waals surface area contributed by atoms with E-state index in [1.54, 1.807) is 12.1 Å². The van der Waals surface area contributed by atoms with Gasteiger partial charge in [-0.05, 0) is 28.8 Å². The van der Waals surface area contributed by atoms with Crippen LogP contribution in [0.5, 0.6) is 0 Å². The van der Waals surface area contributed by atoms with Gasteiger partial charge in [-0.25, -0.2) is 4.79 Å². The Morgan fingerprint density at radius 3 is 2.04 bits per heavy atom. The smallest absolute Gasteiger partial charge is 0.335 e. The molecule has 0 radical (unpaired) electrons. The topological polar surface area (TPSA) is 49.8 Å². The molecule has 4 heteroatoms. The van der Waals surface area contributed by atoms with Crippen molar-refractivity contribution in [1.29, 1.82) is 0 Å². The van der Waals surface area contributed by atoms with E-state index in [4.69, 9.17) is 9.84 Å². The van der Waals surface area contributed by atoms with E-state index in [-0.39, 0.29) is 0 Å². The van der Waals surface area contributed by atoms with Crippen molar-refractivity contribution in [3.05, 3.63) is 70.8 Å². The Morgan fingerprint density at radius 2 is 1.50 bits per heavy atom. The van der Waals surface area contributed by atoms with E-state index in [1.807, 2.05) is 24.3 Å². The molecule has 2 aromatic rings. The summed E-state index contributed by atoms with van der Waals surface area (Å²) in [5.74, 6) is -0.901. The highest BCUT2D eigenvalue weighted by Crippen LogP contribution is 2.13. The standard InChI is InChI=1S/C20H21NO3/c22-20(23)19-9-7-17(8-10-19)2-1-16-3-5-18(6-4-16)15-21-11-13-24-14-12-21/h1-10H,11-15H2,(H,22,23)/b2-1+. The molecular weight excluding hydrogens is 302 g/mol. The van der Waals surface area contributed by atoms with E-state index in [1.165, 1.54) is 5.56 Å². The van der Waals surface area contributed by atoms with Crippen LogP contribution >= 0.6 is 0 Å². The Bertz CT molecular complexity index is 699. The minimum absolute atomic E-state index is 0.305. The molecule has 124 valence electrons. The lowest BCUT2D eigenvalue weighted by atomic mass is 10.1. The van der Waals surface area contributed by atoms with Crippen LogP contribution < -0.4 is 0 Å². The fraction of sp³-hybridized carbons (Fsp3) is 0.250. The highest BCUT2D eigenvalue weighted by atomic mass is 16.5. The van der Waals surface area contributed by atoms with Crippen molar-refractivity contribution in [2.24, 2.45) is 0 Å². The summed E-state index contributed by atoms with van der Waals surface area (Å²) in [6.45, 7) is 4.59. The van der Waals surface area contributed by atoms with Gasteiger partial charge in [-0.3, -0.25) is 4.90 Å². The summed E-state index contributed by atoms with van der Waals surface area (Å²) < 4.78 is 5.37. The Labute approximate surface area is 142 Å². The van der Waals surface area contributed by atoms with Gasteiger partial charge in [-0.1, -0.05) is 48.6 Å². The number of benzene rings is 2. The monoisotopic (exact) mass is 323 g/mol. The molecule has 0 amide bonds. The number of aromatic carboxylic acids is 1. The van der Waals surface area contributed by atoms with E-state index < -0.39 is 5.97 Å². The van der Waals surface area contributed by atoms with Crippen LogP contribution in [0.15, 0.2) is 48.5 Å². The molecule has 0 aromatic heterocycles. The second kappa shape index (κ2) is 7.90. The Balaban J connectivity index is 1.59. The number of hydrogen-bond donors (Lipinski definition) is 1. The molecule has 1 aliphatic heterocycles. The van der Waals surface area contributed by atoms with E-state index in [9.17, 15) is 4.79 Å². The number of carbonyl (C=O) groups is 1. The van der Waals surface area contributed by atoms with E-state index >= 15 is 0 Å². The molecule has 1 aliphatic rings. The van der Waals surface area contributed by atoms with Gasteiger partial charge in [0.15, 0.2) is 0 Å². The van der Waals surface area contributed by atoms with Crippen molar-refractivity contribution in [2.75, 3.05) is 26.3 Å². The summed E-state index contributed by atoms with van der Waals surface area (Å²) in [7, 11) is 0. The average molecular weight is 323 g/mol. The van der Waals surface area contributed by atoms with Crippen molar-refractivity contribution < 1.29 is 14.6 Å². The summed E-state index contributed by atoms with van der Waals surface area (Å²) in [6, 6.07) is 15.4. The largest absolute Gasteiger partial charge is 0.478 e. The average Bonchev–Trinajstić information content (AvgIpc) is 2.62. The maximum atomic E-state index is 10.8. The zero-order chi connectivity index (χ0) is 16.8. The summed E-state index contributed by atoms with van der Waals surface area (Å²) >= 11 is 0. The first-order chi connectivity index (χ1) is 11.7. The van der Waals surface area contributed by atoms with Crippen LogP contribution in [0.1, 0.15) is 27.0 Å². The Kier molecular flexibility index (Phi) is 5.41. The SMILES string of the molecule is O=C(O)c1ccc(/C=C/c2ccc(CN3CCOCC3)cc2)cc1. The molecule has 4 nitrogen and oxygen atoms in total. The number of rotatable bonds is 5. The lowest BCUT2D eigenvalue weighted by Gasteiger charge is -2.26. The second-order valence-electron chi connectivity index (χ2n) is 5.89. The second-order valence-corrected chi connectivity index (χ2v) is 5.89. The molecular formula is C20H21NO3. The van der Waals surface area contributed by atoms with Crippen molar-refractivity contribution in [3.8, 4) is 0 Å². The highest BCUT2D eigenvalue weighted by Gasteiger charge is 2.10. The number of hydrogen-bond acceptors (Lipinski definition) is 3. The van der Waals surface area contributed by atoms with E-state index in [2.05, 4.69) is 29.2 Å². The van der Waals surface area contributed by atoms with Crippen LogP contribution in [0.2, 0.25) is 0 Å². The zero-order valence-corrected chi connectivity index (χ0v) is 13.5. The molecule has 1 saturated heterocycles. The van der Waals surface area contributed by atoms with Gasteiger partial charge in [-0.2, -0.15) is 0 Å². The predicted molar refractivity (Wildman–Crippen MR) is 94.9 cm³/mol. The maximum absolute atomic E-state index is 10.8. The normalized spacial score (nSPS) is 15.7. The molecule has 1 fully saturated rings. The lowest BCUT2D eigenvalue weighted by molar-refractivity contribution is 0.0342. The molecule has 0 atom stereocenters. The molecule has 1 heterocycles.